The van der Waals surface area contributed by atoms with Gasteiger partial charge in [-0.2, -0.15) is 0 Å². The number of aryl methyl sites for hydroxylation is 2. The molecule has 0 saturated carbocycles. The zero-order valence-corrected chi connectivity index (χ0v) is 13.3. The first-order chi connectivity index (χ1) is 9.69. The molecule has 0 atom stereocenters. The third-order valence-electron chi connectivity index (χ3n) is 2.63. The first-order valence-electron chi connectivity index (χ1n) is 6.91. The van der Waals surface area contributed by atoms with Crippen molar-refractivity contribution in [3.8, 4) is 11.8 Å². The number of halogens is 1. The van der Waals surface area contributed by atoms with Gasteiger partial charge in [0.1, 0.15) is 11.4 Å². The van der Waals surface area contributed by atoms with Crippen molar-refractivity contribution in [2.45, 2.75) is 46.6 Å². The zero-order chi connectivity index (χ0) is 16.0. The second-order valence-corrected chi connectivity index (χ2v) is 5.90. The van der Waals surface area contributed by atoms with Crippen LogP contribution in [0.3, 0.4) is 0 Å². The summed E-state index contributed by atoms with van der Waals surface area (Å²) in [6, 6.07) is 2.94. The fourth-order valence-electron chi connectivity index (χ4n) is 1.80. The average Bonchev–Trinajstić information content (AvgIpc) is 2.29. The normalized spacial score (nSPS) is 10.6. The van der Waals surface area contributed by atoms with Gasteiger partial charge >= 0.3 is 6.09 Å². The Labute approximate surface area is 125 Å². The topological polar surface area (TPSA) is 38.3 Å². The van der Waals surface area contributed by atoms with Crippen molar-refractivity contribution in [3.05, 3.63) is 34.6 Å². The molecule has 1 aromatic carbocycles. The van der Waals surface area contributed by atoms with Crippen LogP contribution >= 0.6 is 0 Å². The summed E-state index contributed by atoms with van der Waals surface area (Å²) < 4.78 is 18.3. The number of amides is 1. The molecule has 1 amide bonds. The van der Waals surface area contributed by atoms with Crippen LogP contribution < -0.4 is 5.32 Å². The van der Waals surface area contributed by atoms with E-state index in [4.69, 9.17) is 4.74 Å². The Kier molecular flexibility index (Phi) is 5.78. The van der Waals surface area contributed by atoms with Gasteiger partial charge in [-0.25, -0.2) is 9.18 Å². The van der Waals surface area contributed by atoms with Crippen molar-refractivity contribution in [3.63, 3.8) is 0 Å². The van der Waals surface area contributed by atoms with Crippen LogP contribution in [0.1, 0.15) is 43.9 Å². The van der Waals surface area contributed by atoms with Gasteiger partial charge in [0, 0.05) is 18.5 Å². The van der Waals surface area contributed by atoms with Crippen molar-refractivity contribution < 1.29 is 13.9 Å². The van der Waals surface area contributed by atoms with Crippen LogP contribution in [0, 0.1) is 31.5 Å². The van der Waals surface area contributed by atoms with E-state index in [1.165, 1.54) is 12.1 Å². The number of hydrogen-bond acceptors (Lipinski definition) is 2. The van der Waals surface area contributed by atoms with Gasteiger partial charge in [0.15, 0.2) is 0 Å². The number of alkyl carbamates (subject to hydrolysis) is 1. The average molecular weight is 291 g/mol. The molecule has 0 radical (unpaired) electrons. The lowest BCUT2D eigenvalue weighted by atomic mass is 10.0. The van der Waals surface area contributed by atoms with Crippen molar-refractivity contribution >= 4 is 6.09 Å². The molecule has 0 fully saturated rings. The van der Waals surface area contributed by atoms with E-state index in [-0.39, 0.29) is 5.82 Å². The van der Waals surface area contributed by atoms with Gasteiger partial charge in [0.2, 0.25) is 0 Å². The number of rotatable bonds is 2. The van der Waals surface area contributed by atoms with Crippen molar-refractivity contribution in [1.29, 1.82) is 0 Å². The van der Waals surface area contributed by atoms with Crippen LogP contribution in [0.15, 0.2) is 12.1 Å². The molecular formula is C17H22FNO2. The number of carbonyl (C=O) groups is 1. The predicted octanol–water partition coefficient (Wildman–Crippen LogP) is 3.71. The zero-order valence-electron chi connectivity index (χ0n) is 13.3. The van der Waals surface area contributed by atoms with Gasteiger partial charge in [0.05, 0.1) is 0 Å². The summed E-state index contributed by atoms with van der Waals surface area (Å²) in [6.07, 6.45) is 0.0635. The highest BCUT2D eigenvalue weighted by atomic mass is 19.1. The Morgan fingerprint density at radius 2 is 1.86 bits per heavy atom. The van der Waals surface area contributed by atoms with E-state index < -0.39 is 11.7 Å². The molecule has 0 bridgehead atoms. The SMILES string of the molecule is Cc1cc(F)cc(C)c1C#CCCNC(=O)OC(C)(C)C. The van der Waals surface area contributed by atoms with Gasteiger partial charge in [-0.05, 0) is 57.9 Å². The summed E-state index contributed by atoms with van der Waals surface area (Å²) >= 11 is 0. The van der Waals surface area contributed by atoms with Gasteiger partial charge in [-0.1, -0.05) is 11.8 Å². The Bertz CT molecular complexity index is 554. The summed E-state index contributed by atoms with van der Waals surface area (Å²) in [5.41, 5.74) is 1.98. The molecule has 3 nitrogen and oxygen atoms in total. The monoisotopic (exact) mass is 291 g/mol. The third-order valence-corrected chi connectivity index (χ3v) is 2.63. The standard InChI is InChI=1S/C17H22FNO2/c1-12-10-14(18)11-13(2)15(12)8-6-7-9-19-16(20)21-17(3,4)5/h10-11H,7,9H2,1-5H3,(H,19,20). The van der Waals surface area contributed by atoms with Crippen molar-refractivity contribution in [2.24, 2.45) is 0 Å². The lowest BCUT2D eigenvalue weighted by Crippen LogP contribution is -2.32. The largest absolute Gasteiger partial charge is 0.444 e. The highest BCUT2D eigenvalue weighted by Crippen LogP contribution is 2.14. The molecule has 21 heavy (non-hydrogen) atoms. The minimum Gasteiger partial charge on any atom is -0.444 e. The van der Waals surface area contributed by atoms with Crippen LogP contribution in [0.2, 0.25) is 0 Å². The first kappa shape index (κ1) is 17.0. The van der Waals surface area contributed by atoms with Gasteiger partial charge < -0.3 is 10.1 Å². The van der Waals surface area contributed by atoms with E-state index >= 15 is 0 Å². The maximum atomic E-state index is 13.2. The molecule has 0 aliphatic carbocycles. The Morgan fingerprint density at radius 1 is 1.29 bits per heavy atom. The highest BCUT2D eigenvalue weighted by Gasteiger charge is 2.15. The second kappa shape index (κ2) is 7.12. The number of nitrogens with one attached hydrogen (secondary N) is 1. The minimum atomic E-state index is -0.502. The molecule has 0 saturated heterocycles. The smallest absolute Gasteiger partial charge is 0.407 e. The van der Waals surface area contributed by atoms with Crippen LogP contribution in [-0.4, -0.2) is 18.2 Å². The molecule has 0 spiro atoms. The van der Waals surface area contributed by atoms with E-state index in [2.05, 4.69) is 17.2 Å². The fraction of sp³-hybridized carbons (Fsp3) is 0.471. The van der Waals surface area contributed by atoms with Crippen LogP contribution in [0.4, 0.5) is 9.18 Å². The lowest BCUT2D eigenvalue weighted by molar-refractivity contribution is 0.0529. The number of ether oxygens (including phenoxy) is 1. The Hall–Kier alpha value is -2.02. The fourth-order valence-corrected chi connectivity index (χ4v) is 1.80. The molecule has 1 N–H and O–H groups in total. The van der Waals surface area contributed by atoms with Gasteiger partial charge in [-0.15, -0.1) is 0 Å². The number of carbonyl (C=O) groups excluding carboxylic acids is 1. The summed E-state index contributed by atoms with van der Waals surface area (Å²) in [5, 5.41) is 2.64. The third kappa shape index (κ3) is 6.31. The summed E-state index contributed by atoms with van der Waals surface area (Å²) in [6.45, 7) is 9.52. The van der Waals surface area contributed by atoms with E-state index in [0.717, 1.165) is 16.7 Å². The van der Waals surface area contributed by atoms with Crippen LogP contribution in [-0.2, 0) is 4.74 Å². The number of benzene rings is 1. The predicted molar refractivity (Wildman–Crippen MR) is 81.6 cm³/mol. The van der Waals surface area contributed by atoms with Gasteiger partial charge in [-0.3, -0.25) is 0 Å². The molecule has 0 unspecified atom stereocenters. The van der Waals surface area contributed by atoms with E-state index in [1.807, 2.05) is 34.6 Å². The lowest BCUT2D eigenvalue weighted by Gasteiger charge is -2.19. The summed E-state index contributed by atoms with van der Waals surface area (Å²) in [7, 11) is 0. The number of hydrogen-bond donors (Lipinski definition) is 1. The maximum Gasteiger partial charge on any atom is 0.407 e. The van der Waals surface area contributed by atoms with E-state index in [9.17, 15) is 9.18 Å². The molecular weight excluding hydrogens is 269 g/mol. The molecule has 0 aromatic heterocycles. The molecule has 114 valence electrons. The molecule has 4 heteroatoms. The molecule has 1 rings (SSSR count). The van der Waals surface area contributed by atoms with Crippen molar-refractivity contribution in [1.82, 2.24) is 5.32 Å². The minimum absolute atomic E-state index is 0.248. The maximum absolute atomic E-state index is 13.2. The molecule has 0 heterocycles. The Balaban J connectivity index is 2.50. The quantitative estimate of drug-likeness (QED) is 0.666. The van der Waals surface area contributed by atoms with E-state index in [1.54, 1.807) is 0 Å². The Morgan fingerprint density at radius 3 is 2.38 bits per heavy atom. The van der Waals surface area contributed by atoms with Gasteiger partial charge in [0.25, 0.3) is 0 Å². The summed E-state index contributed by atoms with van der Waals surface area (Å²) in [4.78, 5) is 11.4. The molecule has 0 aliphatic rings. The summed E-state index contributed by atoms with van der Waals surface area (Å²) in [5.74, 6) is 5.75. The first-order valence-corrected chi connectivity index (χ1v) is 6.91. The second-order valence-electron chi connectivity index (χ2n) is 5.90. The van der Waals surface area contributed by atoms with Crippen LogP contribution in [0.5, 0.6) is 0 Å². The van der Waals surface area contributed by atoms with E-state index in [0.29, 0.717) is 13.0 Å². The molecule has 1 aromatic rings. The molecule has 0 aliphatic heterocycles. The highest BCUT2D eigenvalue weighted by molar-refractivity contribution is 5.67. The van der Waals surface area contributed by atoms with Crippen LogP contribution in [0.25, 0.3) is 0 Å². The van der Waals surface area contributed by atoms with Crippen molar-refractivity contribution in [2.75, 3.05) is 6.54 Å².